The number of hydrogen-bond acceptors (Lipinski definition) is 4. The van der Waals surface area contributed by atoms with E-state index in [-0.39, 0.29) is 12.1 Å². The quantitative estimate of drug-likeness (QED) is 0.882. The highest BCUT2D eigenvalue weighted by Crippen LogP contribution is 2.30. The highest BCUT2D eigenvalue weighted by atomic mass is 16.6. The number of aliphatic hydroxyl groups is 1. The Hall–Kier alpha value is -1.26. The average molecular weight is 277 g/mol. The van der Waals surface area contributed by atoms with Crippen molar-refractivity contribution < 1.29 is 14.6 Å². The SMILES string of the molecule is O[C@H]1CCCC[C@@H]1NCCc1ccc2c(c1)OCCO2. The maximum absolute atomic E-state index is 9.93. The van der Waals surface area contributed by atoms with Gasteiger partial charge < -0.3 is 19.9 Å². The molecule has 2 N–H and O–H groups in total. The summed E-state index contributed by atoms with van der Waals surface area (Å²) >= 11 is 0. The number of hydrogen-bond donors (Lipinski definition) is 2. The number of benzene rings is 1. The summed E-state index contributed by atoms with van der Waals surface area (Å²) in [6.45, 7) is 2.15. The number of nitrogens with one attached hydrogen (secondary N) is 1. The molecule has 20 heavy (non-hydrogen) atoms. The van der Waals surface area contributed by atoms with E-state index in [4.69, 9.17) is 9.47 Å². The van der Waals surface area contributed by atoms with Crippen LogP contribution in [-0.4, -0.2) is 37.0 Å². The maximum Gasteiger partial charge on any atom is 0.161 e. The van der Waals surface area contributed by atoms with Crippen LogP contribution in [0, 0.1) is 0 Å². The lowest BCUT2D eigenvalue weighted by molar-refractivity contribution is 0.0914. The van der Waals surface area contributed by atoms with Crippen molar-refractivity contribution in [3.63, 3.8) is 0 Å². The largest absolute Gasteiger partial charge is 0.486 e. The molecule has 4 heteroatoms. The fraction of sp³-hybridized carbons (Fsp3) is 0.625. The highest BCUT2D eigenvalue weighted by Gasteiger charge is 2.22. The average Bonchev–Trinajstić information content (AvgIpc) is 2.49. The second-order valence-electron chi connectivity index (χ2n) is 5.64. The van der Waals surface area contributed by atoms with E-state index in [9.17, 15) is 5.11 Å². The first-order chi connectivity index (χ1) is 9.83. The van der Waals surface area contributed by atoms with E-state index in [1.165, 1.54) is 12.0 Å². The zero-order chi connectivity index (χ0) is 13.8. The molecule has 0 aromatic heterocycles. The number of rotatable bonds is 4. The molecule has 1 aliphatic carbocycles. The predicted octanol–water partition coefficient (Wildman–Crippen LogP) is 1.89. The van der Waals surface area contributed by atoms with Crippen molar-refractivity contribution in [1.29, 1.82) is 0 Å². The third-order valence-corrected chi connectivity index (χ3v) is 4.16. The Morgan fingerprint density at radius 3 is 2.75 bits per heavy atom. The van der Waals surface area contributed by atoms with Crippen LogP contribution >= 0.6 is 0 Å². The van der Waals surface area contributed by atoms with Crippen LogP contribution in [0.3, 0.4) is 0 Å². The van der Waals surface area contributed by atoms with Crippen molar-refractivity contribution in [2.45, 2.75) is 44.2 Å². The molecule has 1 heterocycles. The van der Waals surface area contributed by atoms with Crippen LogP contribution < -0.4 is 14.8 Å². The molecule has 1 aromatic carbocycles. The van der Waals surface area contributed by atoms with E-state index in [2.05, 4.69) is 17.4 Å². The number of aliphatic hydroxyl groups excluding tert-OH is 1. The normalized spacial score (nSPS) is 25.4. The monoisotopic (exact) mass is 277 g/mol. The summed E-state index contributed by atoms with van der Waals surface area (Å²) in [5, 5.41) is 13.4. The van der Waals surface area contributed by atoms with Gasteiger partial charge in [0.2, 0.25) is 0 Å². The van der Waals surface area contributed by atoms with E-state index in [0.29, 0.717) is 13.2 Å². The Bertz CT molecular complexity index is 449. The Kier molecular flexibility index (Phi) is 4.43. The van der Waals surface area contributed by atoms with Gasteiger partial charge in [0.05, 0.1) is 6.10 Å². The van der Waals surface area contributed by atoms with Gasteiger partial charge in [0.25, 0.3) is 0 Å². The molecule has 2 atom stereocenters. The van der Waals surface area contributed by atoms with Gasteiger partial charge in [-0.1, -0.05) is 18.9 Å². The first-order valence-corrected chi connectivity index (χ1v) is 7.63. The summed E-state index contributed by atoms with van der Waals surface area (Å²) < 4.78 is 11.1. The minimum absolute atomic E-state index is 0.177. The van der Waals surface area contributed by atoms with Gasteiger partial charge in [-0.2, -0.15) is 0 Å². The number of ether oxygens (including phenoxy) is 2. The van der Waals surface area contributed by atoms with E-state index in [0.717, 1.165) is 43.7 Å². The second kappa shape index (κ2) is 6.46. The van der Waals surface area contributed by atoms with Crippen molar-refractivity contribution >= 4 is 0 Å². The van der Waals surface area contributed by atoms with Crippen LogP contribution in [-0.2, 0) is 6.42 Å². The Balaban J connectivity index is 1.50. The van der Waals surface area contributed by atoms with Crippen molar-refractivity contribution in [2.75, 3.05) is 19.8 Å². The van der Waals surface area contributed by atoms with Gasteiger partial charge in [-0.15, -0.1) is 0 Å². The standard InChI is InChI=1S/C16H23NO3/c18-14-4-2-1-3-13(14)17-8-7-12-5-6-15-16(11-12)20-10-9-19-15/h5-6,11,13-14,17-18H,1-4,7-10H2/t13-,14-/m0/s1. The molecule has 2 aliphatic rings. The lowest BCUT2D eigenvalue weighted by Gasteiger charge is -2.28. The van der Waals surface area contributed by atoms with Crippen molar-refractivity contribution in [3.8, 4) is 11.5 Å². The van der Waals surface area contributed by atoms with E-state index in [1.807, 2.05) is 6.07 Å². The van der Waals surface area contributed by atoms with Gasteiger partial charge in [0.1, 0.15) is 13.2 Å². The molecule has 0 spiro atoms. The van der Waals surface area contributed by atoms with Crippen LogP contribution in [0.1, 0.15) is 31.2 Å². The Labute approximate surface area is 120 Å². The van der Waals surface area contributed by atoms with Crippen molar-refractivity contribution in [3.05, 3.63) is 23.8 Å². The molecule has 1 aliphatic heterocycles. The molecule has 4 nitrogen and oxygen atoms in total. The minimum Gasteiger partial charge on any atom is -0.486 e. The Morgan fingerprint density at radius 1 is 1.10 bits per heavy atom. The molecule has 0 amide bonds. The molecule has 0 saturated heterocycles. The van der Waals surface area contributed by atoms with Gasteiger partial charge in [-0.25, -0.2) is 0 Å². The van der Waals surface area contributed by atoms with E-state index < -0.39 is 0 Å². The minimum atomic E-state index is -0.177. The molecule has 0 unspecified atom stereocenters. The topological polar surface area (TPSA) is 50.7 Å². The summed E-state index contributed by atoms with van der Waals surface area (Å²) in [6, 6.07) is 6.40. The van der Waals surface area contributed by atoms with Gasteiger partial charge >= 0.3 is 0 Å². The first kappa shape index (κ1) is 13.7. The van der Waals surface area contributed by atoms with Crippen molar-refractivity contribution in [1.82, 2.24) is 5.32 Å². The molecular weight excluding hydrogens is 254 g/mol. The fourth-order valence-corrected chi connectivity index (χ4v) is 2.99. The molecule has 1 fully saturated rings. The lowest BCUT2D eigenvalue weighted by Crippen LogP contribution is -2.42. The zero-order valence-electron chi connectivity index (χ0n) is 11.8. The predicted molar refractivity (Wildman–Crippen MR) is 77.4 cm³/mol. The van der Waals surface area contributed by atoms with Gasteiger partial charge in [0.15, 0.2) is 11.5 Å². The van der Waals surface area contributed by atoms with Crippen LogP contribution in [0.15, 0.2) is 18.2 Å². The summed E-state index contributed by atoms with van der Waals surface area (Å²) in [5.74, 6) is 1.70. The van der Waals surface area contributed by atoms with E-state index >= 15 is 0 Å². The highest BCUT2D eigenvalue weighted by molar-refractivity contribution is 5.43. The van der Waals surface area contributed by atoms with Crippen LogP contribution in [0.4, 0.5) is 0 Å². The maximum atomic E-state index is 9.93. The van der Waals surface area contributed by atoms with E-state index in [1.54, 1.807) is 0 Å². The third kappa shape index (κ3) is 3.25. The molecule has 0 radical (unpaired) electrons. The molecule has 1 aromatic rings. The fourth-order valence-electron chi connectivity index (χ4n) is 2.99. The smallest absolute Gasteiger partial charge is 0.161 e. The summed E-state index contributed by atoms with van der Waals surface area (Å²) in [5.41, 5.74) is 1.24. The first-order valence-electron chi connectivity index (χ1n) is 7.63. The van der Waals surface area contributed by atoms with Gasteiger partial charge in [-0.3, -0.25) is 0 Å². The lowest BCUT2D eigenvalue weighted by atomic mass is 9.92. The zero-order valence-corrected chi connectivity index (χ0v) is 11.8. The van der Waals surface area contributed by atoms with Crippen molar-refractivity contribution in [2.24, 2.45) is 0 Å². The summed E-state index contributed by atoms with van der Waals surface area (Å²) in [6.07, 6.45) is 5.16. The summed E-state index contributed by atoms with van der Waals surface area (Å²) in [7, 11) is 0. The molecule has 0 bridgehead atoms. The molecule has 1 saturated carbocycles. The van der Waals surface area contributed by atoms with Crippen LogP contribution in [0.2, 0.25) is 0 Å². The van der Waals surface area contributed by atoms with Crippen LogP contribution in [0.5, 0.6) is 11.5 Å². The molecule has 3 rings (SSSR count). The van der Waals surface area contributed by atoms with Gasteiger partial charge in [0, 0.05) is 6.04 Å². The van der Waals surface area contributed by atoms with Crippen LogP contribution in [0.25, 0.3) is 0 Å². The Morgan fingerprint density at radius 2 is 1.90 bits per heavy atom. The number of fused-ring (bicyclic) bond motifs is 1. The van der Waals surface area contributed by atoms with Gasteiger partial charge in [-0.05, 0) is 43.5 Å². The second-order valence-corrected chi connectivity index (χ2v) is 5.64. The summed E-state index contributed by atoms with van der Waals surface area (Å²) in [4.78, 5) is 0. The third-order valence-electron chi connectivity index (χ3n) is 4.16. The molecule has 110 valence electrons. The molecular formula is C16H23NO3.